The first-order valence-corrected chi connectivity index (χ1v) is 8.98. The van der Waals surface area contributed by atoms with Crippen LogP contribution in [0.4, 0.5) is 10.3 Å². The van der Waals surface area contributed by atoms with Gasteiger partial charge in [0.25, 0.3) is 0 Å². The van der Waals surface area contributed by atoms with Gasteiger partial charge in [0.1, 0.15) is 5.82 Å². The Hall–Kier alpha value is -3.19. The molecule has 1 heterocycles. The van der Waals surface area contributed by atoms with Crippen molar-refractivity contribution in [2.24, 2.45) is 0 Å². The topological polar surface area (TPSA) is 83.2 Å². The van der Waals surface area contributed by atoms with E-state index < -0.39 is 0 Å². The molecule has 0 aliphatic heterocycles. The van der Waals surface area contributed by atoms with E-state index in [1.54, 1.807) is 25.3 Å². The molecule has 3 rings (SSSR count). The van der Waals surface area contributed by atoms with Crippen LogP contribution in [-0.2, 0) is 4.74 Å². The number of anilines is 1. The summed E-state index contributed by atoms with van der Waals surface area (Å²) in [5.74, 6) is 0.253. The molecule has 0 radical (unpaired) electrons. The molecule has 1 aromatic heterocycles. The summed E-state index contributed by atoms with van der Waals surface area (Å²) in [5.41, 5.74) is 3.18. The molecule has 1 atom stereocenters. The average molecular weight is 382 g/mol. The first-order chi connectivity index (χ1) is 13.6. The summed E-state index contributed by atoms with van der Waals surface area (Å²) in [7, 11) is 1.60. The van der Waals surface area contributed by atoms with Crippen LogP contribution in [0, 0.1) is 11.2 Å². The van der Waals surface area contributed by atoms with E-state index in [4.69, 9.17) is 14.7 Å². The van der Waals surface area contributed by atoms with Crippen LogP contribution < -0.4 is 10.6 Å². The lowest BCUT2D eigenvalue weighted by molar-refractivity contribution is 0.204. The maximum atomic E-state index is 13.9. The quantitative estimate of drug-likeness (QED) is 0.324. The van der Waals surface area contributed by atoms with E-state index in [2.05, 4.69) is 15.8 Å². The molecule has 0 saturated heterocycles. The van der Waals surface area contributed by atoms with Gasteiger partial charge in [-0.1, -0.05) is 54.5 Å². The number of nitrogens with one attached hydrogen (secondary N) is 3. The zero-order valence-electron chi connectivity index (χ0n) is 15.8. The highest BCUT2D eigenvalue weighted by Gasteiger charge is 2.15. The van der Waals surface area contributed by atoms with Gasteiger partial charge in [-0.05, 0) is 17.2 Å². The molecule has 146 valence electrons. The number of hydrogen-bond donors (Lipinski definition) is 3. The summed E-state index contributed by atoms with van der Waals surface area (Å²) in [4.78, 5) is 0. The van der Waals surface area contributed by atoms with Crippen LogP contribution >= 0.6 is 0 Å². The molecule has 0 spiro atoms. The Kier molecular flexibility index (Phi) is 6.39. The van der Waals surface area contributed by atoms with Gasteiger partial charge in [0, 0.05) is 31.2 Å². The van der Waals surface area contributed by atoms with Crippen LogP contribution in [0.3, 0.4) is 0 Å². The zero-order chi connectivity index (χ0) is 19.9. The van der Waals surface area contributed by atoms with E-state index >= 15 is 0 Å². The minimum atomic E-state index is -0.239. The van der Waals surface area contributed by atoms with Crippen LogP contribution in [0.15, 0.2) is 59.1 Å². The summed E-state index contributed by atoms with van der Waals surface area (Å²) in [6.45, 7) is 3.04. The van der Waals surface area contributed by atoms with Gasteiger partial charge in [-0.2, -0.15) is 0 Å². The van der Waals surface area contributed by atoms with E-state index in [1.165, 1.54) is 6.07 Å². The van der Waals surface area contributed by atoms with Crippen LogP contribution in [0.5, 0.6) is 0 Å². The van der Waals surface area contributed by atoms with Gasteiger partial charge in [-0.25, -0.2) is 4.39 Å². The van der Waals surface area contributed by atoms with Crippen molar-refractivity contribution in [2.75, 3.05) is 25.6 Å². The van der Waals surface area contributed by atoms with Crippen molar-refractivity contribution in [3.05, 3.63) is 71.7 Å². The molecule has 0 aliphatic rings. The second kappa shape index (κ2) is 9.14. The molecule has 1 unspecified atom stereocenters. The van der Waals surface area contributed by atoms with Crippen LogP contribution in [0.25, 0.3) is 11.1 Å². The number of aromatic nitrogens is 1. The van der Waals surface area contributed by atoms with Crippen molar-refractivity contribution >= 4 is 11.8 Å². The maximum absolute atomic E-state index is 13.9. The number of halogens is 1. The molecular weight excluding hydrogens is 359 g/mol. The number of hydrogen-bond acceptors (Lipinski definition) is 4. The molecule has 3 aromatic rings. The number of guanidine groups is 1. The second-order valence-corrected chi connectivity index (χ2v) is 6.36. The number of nitrogens with zero attached hydrogens (tertiary/aromatic N) is 1. The third kappa shape index (κ3) is 4.75. The first kappa shape index (κ1) is 19.6. The van der Waals surface area contributed by atoms with Gasteiger partial charge in [-0.15, -0.1) is 0 Å². The molecule has 0 amide bonds. The Morgan fingerprint density at radius 2 is 1.96 bits per heavy atom. The summed E-state index contributed by atoms with van der Waals surface area (Å²) in [5, 5.41) is 17.6. The largest absolute Gasteiger partial charge is 0.383 e. The maximum Gasteiger partial charge on any atom is 0.231 e. The van der Waals surface area contributed by atoms with Gasteiger partial charge in [0.2, 0.25) is 5.88 Å². The van der Waals surface area contributed by atoms with Gasteiger partial charge < -0.3 is 14.6 Å². The zero-order valence-corrected chi connectivity index (χ0v) is 15.8. The highest BCUT2D eigenvalue weighted by atomic mass is 19.1. The number of methoxy groups -OCH3 is 1. The molecule has 0 fully saturated rings. The monoisotopic (exact) mass is 382 g/mol. The van der Waals surface area contributed by atoms with Crippen molar-refractivity contribution in [3.63, 3.8) is 0 Å². The third-order valence-corrected chi connectivity index (χ3v) is 4.42. The Balaban J connectivity index is 1.66. The summed E-state index contributed by atoms with van der Waals surface area (Å²) in [6.07, 6.45) is 0. The van der Waals surface area contributed by atoms with Gasteiger partial charge in [0.05, 0.1) is 12.3 Å². The summed E-state index contributed by atoms with van der Waals surface area (Å²) >= 11 is 0. The molecule has 3 N–H and O–H groups in total. The molecule has 6 nitrogen and oxygen atoms in total. The minimum Gasteiger partial charge on any atom is -0.383 e. The molecule has 0 saturated carbocycles. The molecule has 7 heteroatoms. The lowest BCUT2D eigenvalue weighted by Crippen LogP contribution is -2.31. The summed E-state index contributed by atoms with van der Waals surface area (Å²) in [6, 6.07) is 16.2. The minimum absolute atomic E-state index is 0.00963. The van der Waals surface area contributed by atoms with E-state index in [-0.39, 0.29) is 17.7 Å². The highest BCUT2D eigenvalue weighted by Crippen LogP contribution is 2.28. The normalized spacial score (nSPS) is 11.8. The average Bonchev–Trinajstić information content (AvgIpc) is 3.16. The van der Waals surface area contributed by atoms with Gasteiger partial charge >= 0.3 is 0 Å². The van der Waals surface area contributed by atoms with E-state index in [0.717, 1.165) is 16.8 Å². The van der Waals surface area contributed by atoms with Gasteiger partial charge in [-0.3, -0.25) is 10.7 Å². The van der Waals surface area contributed by atoms with Crippen molar-refractivity contribution in [2.45, 2.75) is 12.8 Å². The molecular formula is C21H23FN4O2. The predicted octanol–water partition coefficient (Wildman–Crippen LogP) is 4.22. The fraction of sp³-hybridized carbons (Fsp3) is 0.238. The molecule has 2 aromatic carbocycles. The lowest BCUT2D eigenvalue weighted by Gasteiger charge is -2.10. The Bertz CT molecular complexity index is 924. The van der Waals surface area contributed by atoms with Crippen molar-refractivity contribution in [1.82, 2.24) is 10.5 Å². The molecule has 28 heavy (non-hydrogen) atoms. The third-order valence-electron chi connectivity index (χ3n) is 4.42. The fourth-order valence-corrected chi connectivity index (χ4v) is 2.81. The molecule has 0 aliphatic carbocycles. The van der Waals surface area contributed by atoms with Crippen LogP contribution in [0.2, 0.25) is 0 Å². The number of ether oxygens (including phenoxy) is 1. The SMILES string of the molecule is COCCNC(=N)Nc1cc(C(C)c2ccc(-c3ccccc3F)cc2)no1. The van der Waals surface area contributed by atoms with Crippen molar-refractivity contribution < 1.29 is 13.7 Å². The van der Waals surface area contributed by atoms with Crippen molar-refractivity contribution in [3.8, 4) is 11.1 Å². The fourth-order valence-electron chi connectivity index (χ4n) is 2.81. The second-order valence-electron chi connectivity index (χ2n) is 6.36. The van der Waals surface area contributed by atoms with E-state index in [0.29, 0.717) is 24.6 Å². The Labute approximate surface area is 163 Å². The summed E-state index contributed by atoms with van der Waals surface area (Å²) < 4.78 is 24.1. The number of benzene rings is 2. The standard InChI is InChI=1S/C21H23FN4O2/c1-14(19-13-20(28-26-19)25-21(23)24-11-12-27-2)15-7-9-16(10-8-15)17-5-3-4-6-18(17)22/h3-10,13-14H,11-12H2,1-2H3,(H3,23,24,25). The smallest absolute Gasteiger partial charge is 0.231 e. The Morgan fingerprint density at radius 3 is 2.68 bits per heavy atom. The molecule has 0 bridgehead atoms. The van der Waals surface area contributed by atoms with E-state index in [1.807, 2.05) is 37.3 Å². The lowest BCUT2D eigenvalue weighted by atomic mass is 9.95. The van der Waals surface area contributed by atoms with Crippen LogP contribution in [-0.4, -0.2) is 31.4 Å². The first-order valence-electron chi connectivity index (χ1n) is 8.98. The van der Waals surface area contributed by atoms with Crippen LogP contribution in [0.1, 0.15) is 24.1 Å². The predicted molar refractivity (Wildman–Crippen MR) is 107 cm³/mol. The number of rotatable bonds is 7. The van der Waals surface area contributed by atoms with E-state index in [9.17, 15) is 4.39 Å². The van der Waals surface area contributed by atoms with Gasteiger partial charge in [0.15, 0.2) is 5.96 Å². The highest BCUT2D eigenvalue weighted by molar-refractivity contribution is 5.89. The Morgan fingerprint density at radius 1 is 1.21 bits per heavy atom. The van der Waals surface area contributed by atoms with Crippen molar-refractivity contribution in [1.29, 1.82) is 5.41 Å².